The number of rotatable bonds is 6. The minimum absolute atomic E-state index is 0.393. The Labute approximate surface area is 108 Å². The number of hydrogen-bond donors (Lipinski definition) is 0. The third-order valence-electron chi connectivity index (χ3n) is 2.50. The fourth-order valence-electron chi connectivity index (χ4n) is 1.60. The molecule has 1 aromatic rings. The van der Waals surface area contributed by atoms with Gasteiger partial charge in [-0.15, -0.1) is 6.58 Å². The first kappa shape index (κ1) is 13.8. The zero-order valence-corrected chi connectivity index (χ0v) is 10.9. The van der Waals surface area contributed by atoms with Crippen LogP contribution in [-0.2, 0) is 6.54 Å². The highest BCUT2D eigenvalue weighted by molar-refractivity contribution is 6.62. The molecule has 2 nitrogen and oxygen atoms in total. The molecule has 0 aliphatic heterocycles. The van der Waals surface area contributed by atoms with Gasteiger partial charge in [0.05, 0.1) is 0 Å². The van der Waals surface area contributed by atoms with Gasteiger partial charge in [0.2, 0.25) is 0 Å². The molecule has 1 rings (SSSR count). The third kappa shape index (κ3) is 5.55. The summed E-state index contributed by atoms with van der Waals surface area (Å²) in [5.74, 6) is 0. The lowest BCUT2D eigenvalue weighted by molar-refractivity contribution is 0.218. The molecule has 0 bridgehead atoms. The molecule has 0 aliphatic carbocycles. The highest BCUT2D eigenvalue weighted by atomic mass is 35.5. The van der Waals surface area contributed by atoms with E-state index in [9.17, 15) is 4.79 Å². The number of carbonyl (C=O) groups excluding carboxylic acids is 1. The Hall–Kier alpha value is -1.28. The van der Waals surface area contributed by atoms with Crippen LogP contribution < -0.4 is 0 Å². The van der Waals surface area contributed by atoms with Gasteiger partial charge < -0.3 is 4.90 Å². The number of halogens is 1. The van der Waals surface area contributed by atoms with E-state index in [0.29, 0.717) is 13.1 Å². The number of amides is 1. The summed E-state index contributed by atoms with van der Waals surface area (Å²) in [6.45, 7) is 7.07. The summed E-state index contributed by atoms with van der Waals surface area (Å²) in [6, 6.07) is 9.86. The van der Waals surface area contributed by atoms with Crippen molar-refractivity contribution in [3.05, 3.63) is 48.0 Å². The largest absolute Gasteiger partial charge is 0.325 e. The topological polar surface area (TPSA) is 20.3 Å². The van der Waals surface area contributed by atoms with Gasteiger partial charge in [-0.05, 0) is 36.9 Å². The van der Waals surface area contributed by atoms with Gasteiger partial charge in [0.25, 0.3) is 0 Å². The van der Waals surface area contributed by atoms with Gasteiger partial charge in [0.1, 0.15) is 0 Å². The molecule has 0 fully saturated rings. The highest BCUT2D eigenvalue weighted by Crippen LogP contribution is 2.10. The molecule has 0 spiro atoms. The summed E-state index contributed by atoms with van der Waals surface area (Å²) in [5.41, 5.74) is 2.23. The van der Waals surface area contributed by atoms with Gasteiger partial charge in [-0.2, -0.15) is 0 Å². The molecule has 0 aromatic heterocycles. The quantitative estimate of drug-likeness (QED) is 0.421. The summed E-state index contributed by atoms with van der Waals surface area (Å²) in [7, 11) is 0. The van der Waals surface area contributed by atoms with Crippen LogP contribution in [0.3, 0.4) is 0 Å². The molecule has 0 saturated carbocycles. The van der Waals surface area contributed by atoms with Gasteiger partial charge in [-0.25, -0.2) is 0 Å². The number of allylic oxidation sites excluding steroid dienone is 1. The smallest absolute Gasteiger partial charge is 0.316 e. The minimum atomic E-state index is -0.393. The van der Waals surface area contributed by atoms with Crippen molar-refractivity contribution in [2.45, 2.75) is 26.3 Å². The van der Waals surface area contributed by atoms with Crippen LogP contribution in [-0.4, -0.2) is 16.8 Å². The van der Waals surface area contributed by atoms with Crippen LogP contribution in [0.2, 0.25) is 0 Å². The van der Waals surface area contributed by atoms with Crippen molar-refractivity contribution in [3.63, 3.8) is 0 Å². The molecule has 0 unspecified atom stereocenters. The lowest BCUT2D eigenvalue weighted by Gasteiger charge is -2.19. The van der Waals surface area contributed by atoms with Crippen molar-refractivity contribution in [1.82, 2.24) is 4.90 Å². The highest BCUT2D eigenvalue weighted by Gasteiger charge is 2.10. The number of carbonyl (C=O) groups is 1. The Balaban J connectivity index is 2.49. The normalized spacial score (nSPS) is 10.0. The Morgan fingerprint density at radius 2 is 2.00 bits per heavy atom. The monoisotopic (exact) mass is 251 g/mol. The second kappa shape index (κ2) is 7.13. The lowest BCUT2D eigenvalue weighted by Crippen LogP contribution is -2.26. The van der Waals surface area contributed by atoms with Crippen molar-refractivity contribution < 1.29 is 4.79 Å². The first-order valence-corrected chi connectivity index (χ1v) is 6.10. The molecule has 1 aromatic carbocycles. The maximum absolute atomic E-state index is 11.3. The standard InChI is InChI=1S/C14H18ClNO/c1-12(2)7-6-10-16(14(15)17)11-13-8-4-3-5-9-13/h3-5,8-9H,1,6-7,10-11H2,2H3. The second-order valence-corrected chi connectivity index (χ2v) is 4.54. The number of hydrogen-bond acceptors (Lipinski definition) is 1. The van der Waals surface area contributed by atoms with Gasteiger partial charge in [-0.1, -0.05) is 35.9 Å². The van der Waals surface area contributed by atoms with E-state index in [1.807, 2.05) is 37.3 Å². The maximum Gasteiger partial charge on any atom is 0.316 e. The van der Waals surface area contributed by atoms with Gasteiger partial charge >= 0.3 is 5.37 Å². The van der Waals surface area contributed by atoms with Gasteiger partial charge in [-0.3, -0.25) is 4.79 Å². The molecular weight excluding hydrogens is 234 g/mol. The zero-order chi connectivity index (χ0) is 12.7. The predicted molar refractivity (Wildman–Crippen MR) is 72.1 cm³/mol. The summed E-state index contributed by atoms with van der Waals surface area (Å²) in [4.78, 5) is 12.9. The lowest BCUT2D eigenvalue weighted by atomic mass is 10.1. The van der Waals surface area contributed by atoms with E-state index < -0.39 is 5.37 Å². The molecule has 0 radical (unpaired) electrons. The van der Waals surface area contributed by atoms with Crippen LogP contribution in [0, 0.1) is 0 Å². The molecule has 1 amide bonds. The van der Waals surface area contributed by atoms with Crippen LogP contribution >= 0.6 is 11.6 Å². The molecule has 3 heteroatoms. The van der Waals surface area contributed by atoms with E-state index in [-0.39, 0.29) is 0 Å². The van der Waals surface area contributed by atoms with Crippen LogP contribution in [0.5, 0.6) is 0 Å². The summed E-state index contributed by atoms with van der Waals surface area (Å²) in [6.07, 6.45) is 1.83. The fraction of sp³-hybridized carbons (Fsp3) is 0.357. The Morgan fingerprint density at radius 1 is 1.35 bits per heavy atom. The minimum Gasteiger partial charge on any atom is -0.325 e. The first-order chi connectivity index (χ1) is 8.09. The Morgan fingerprint density at radius 3 is 2.53 bits per heavy atom. The number of benzene rings is 1. The predicted octanol–water partition coefficient (Wildman–Crippen LogP) is 4.20. The Bertz CT molecular complexity index is 375. The van der Waals surface area contributed by atoms with E-state index in [0.717, 1.165) is 24.0 Å². The average Bonchev–Trinajstić information content (AvgIpc) is 2.28. The van der Waals surface area contributed by atoms with Crippen LogP contribution in [0.1, 0.15) is 25.3 Å². The molecule has 0 N–H and O–H groups in total. The third-order valence-corrected chi connectivity index (χ3v) is 2.74. The Kier molecular flexibility index (Phi) is 5.78. The van der Waals surface area contributed by atoms with E-state index in [4.69, 9.17) is 11.6 Å². The fourth-order valence-corrected chi connectivity index (χ4v) is 1.75. The van der Waals surface area contributed by atoms with Gasteiger partial charge in [0, 0.05) is 13.1 Å². The molecule has 0 atom stereocenters. The van der Waals surface area contributed by atoms with E-state index in [2.05, 4.69) is 6.58 Å². The zero-order valence-electron chi connectivity index (χ0n) is 10.2. The van der Waals surface area contributed by atoms with Crippen molar-refractivity contribution in [2.75, 3.05) is 6.54 Å². The molecule has 17 heavy (non-hydrogen) atoms. The van der Waals surface area contributed by atoms with Crippen molar-refractivity contribution in [3.8, 4) is 0 Å². The van der Waals surface area contributed by atoms with Gasteiger partial charge in [0.15, 0.2) is 0 Å². The summed E-state index contributed by atoms with van der Waals surface area (Å²) >= 11 is 5.57. The van der Waals surface area contributed by atoms with Crippen molar-refractivity contribution in [2.24, 2.45) is 0 Å². The molecule has 0 aliphatic rings. The molecular formula is C14H18ClNO. The van der Waals surface area contributed by atoms with E-state index >= 15 is 0 Å². The second-order valence-electron chi connectivity index (χ2n) is 4.22. The molecule has 92 valence electrons. The number of nitrogens with zero attached hydrogens (tertiary/aromatic N) is 1. The summed E-state index contributed by atoms with van der Waals surface area (Å²) < 4.78 is 0. The van der Waals surface area contributed by atoms with Crippen LogP contribution in [0.25, 0.3) is 0 Å². The van der Waals surface area contributed by atoms with E-state index in [1.54, 1.807) is 4.90 Å². The van der Waals surface area contributed by atoms with Crippen molar-refractivity contribution >= 4 is 17.0 Å². The SMILES string of the molecule is C=C(C)CCCN(Cc1ccccc1)C(=O)Cl. The van der Waals surface area contributed by atoms with Crippen LogP contribution in [0.15, 0.2) is 42.5 Å². The molecule has 0 saturated heterocycles. The maximum atomic E-state index is 11.3. The summed E-state index contributed by atoms with van der Waals surface area (Å²) in [5, 5.41) is -0.393. The van der Waals surface area contributed by atoms with Crippen LogP contribution in [0.4, 0.5) is 4.79 Å². The van der Waals surface area contributed by atoms with E-state index in [1.165, 1.54) is 0 Å². The molecule has 0 heterocycles. The first-order valence-electron chi connectivity index (χ1n) is 5.72. The average molecular weight is 252 g/mol. The van der Waals surface area contributed by atoms with Crippen molar-refractivity contribution in [1.29, 1.82) is 0 Å².